The van der Waals surface area contributed by atoms with Crippen molar-refractivity contribution in [3.63, 3.8) is 0 Å². The number of carbonyl (C=O) groups is 1. The van der Waals surface area contributed by atoms with Gasteiger partial charge in [0.25, 0.3) is 0 Å². The molecule has 3 nitrogen and oxygen atoms in total. The maximum atomic E-state index is 12.7. The van der Waals surface area contributed by atoms with E-state index in [9.17, 15) is 4.79 Å². The molecule has 1 aromatic rings. The molecule has 1 unspecified atom stereocenters. The number of amides is 1. The van der Waals surface area contributed by atoms with Crippen LogP contribution in [0.25, 0.3) is 0 Å². The van der Waals surface area contributed by atoms with Crippen molar-refractivity contribution in [2.45, 2.75) is 43.6 Å². The van der Waals surface area contributed by atoms with Gasteiger partial charge in [0.15, 0.2) is 0 Å². The van der Waals surface area contributed by atoms with E-state index in [1.54, 1.807) is 0 Å². The van der Waals surface area contributed by atoms with Crippen LogP contribution < -0.4 is 10.6 Å². The minimum atomic E-state index is -0.251. The molecule has 4 heteroatoms. The van der Waals surface area contributed by atoms with Gasteiger partial charge in [0.1, 0.15) is 0 Å². The molecule has 2 aliphatic rings. The molecule has 2 fully saturated rings. The van der Waals surface area contributed by atoms with Crippen LogP contribution >= 0.6 is 12.4 Å². The molecule has 1 aliphatic carbocycles. The number of benzene rings is 1. The first-order chi connectivity index (χ1) is 9.31. The third-order valence-corrected chi connectivity index (χ3v) is 4.60. The van der Waals surface area contributed by atoms with E-state index in [4.69, 9.17) is 0 Å². The molecule has 2 N–H and O–H groups in total. The summed E-state index contributed by atoms with van der Waals surface area (Å²) in [6.45, 7) is 1.99. The van der Waals surface area contributed by atoms with Crippen molar-refractivity contribution in [3.05, 3.63) is 35.9 Å². The van der Waals surface area contributed by atoms with Crippen LogP contribution in [0.3, 0.4) is 0 Å². The maximum absolute atomic E-state index is 12.7. The van der Waals surface area contributed by atoms with Crippen molar-refractivity contribution in [3.8, 4) is 0 Å². The number of rotatable bonds is 3. The Morgan fingerprint density at radius 3 is 2.50 bits per heavy atom. The molecule has 1 aromatic carbocycles. The predicted octanol–water partition coefficient (Wildman–Crippen LogP) is 2.40. The highest BCUT2D eigenvalue weighted by Gasteiger charge is 2.45. The summed E-state index contributed by atoms with van der Waals surface area (Å²) < 4.78 is 0. The monoisotopic (exact) mass is 294 g/mol. The second-order valence-corrected chi connectivity index (χ2v) is 5.82. The molecule has 1 amide bonds. The van der Waals surface area contributed by atoms with E-state index in [-0.39, 0.29) is 23.7 Å². The van der Waals surface area contributed by atoms with Crippen LogP contribution in [0, 0.1) is 0 Å². The Kier molecular flexibility index (Phi) is 5.06. The largest absolute Gasteiger partial charge is 0.351 e. The Balaban J connectivity index is 0.00000147. The first-order valence-corrected chi connectivity index (χ1v) is 7.38. The topological polar surface area (TPSA) is 41.1 Å². The number of halogens is 1. The molecule has 1 saturated carbocycles. The van der Waals surface area contributed by atoms with E-state index in [0.717, 1.165) is 45.2 Å². The average molecular weight is 295 g/mol. The molecule has 1 aliphatic heterocycles. The Morgan fingerprint density at radius 2 is 1.95 bits per heavy atom. The van der Waals surface area contributed by atoms with E-state index < -0.39 is 0 Å². The molecule has 20 heavy (non-hydrogen) atoms. The Hall–Kier alpha value is -1.06. The fraction of sp³-hybridized carbons (Fsp3) is 0.562. The quantitative estimate of drug-likeness (QED) is 0.899. The summed E-state index contributed by atoms with van der Waals surface area (Å²) in [5, 5.41) is 6.61. The average Bonchev–Trinajstić information content (AvgIpc) is 2.40. The summed E-state index contributed by atoms with van der Waals surface area (Å²) in [7, 11) is 0. The van der Waals surface area contributed by atoms with E-state index in [2.05, 4.69) is 22.8 Å². The van der Waals surface area contributed by atoms with Gasteiger partial charge >= 0.3 is 0 Å². The van der Waals surface area contributed by atoms with Gasteiger partial charge in [0.05, 0.1) is 5.41 Å². The van der Waals surface area contributed by atoms with Gasteiger partial charge in [0, 0.05) is 12.6 Å². The zero-order valence-corrected chi connectivity index (χ0v) is 12.5. The van der Waals surface area contributed by atoms with Gasteiger partial charge in [-0.15, -0.1) is 12.4 Å². The third-order valence-electron chi connectivity index (χ3n) is 4.60. The van der Waals surface area contributed by atoms with Gasteiger partial charge in [-0.05, 0) is 37.8 Å². The molecule has 1 heterocycles. The standard InChI is InChI=1S/C16H22N2O.ClH/c19-15(18-14-8-4-11-17-12-14)16(9-5-10-16)13-6-2-1-3-7-13;/h1-3,6-7,14,17H,4-5,8-12H2,(H,18,19);1H. The Morgan fingerprint density at radius 1 is 1.20 bits per heavy atom. The minimum absolute atomic E-state index is 0. The van der Waals surface area contributed by atoms with Gasteiger partial charge in [0.2, 0.25) is 5.91 Å². The molecule has 3 rings (SSSR count). The van der Waals surface area contributed by atoms with Crippen molar-refractivity contribution in [1.82, 2.24) is 10.6 Å². The number of nitrogens with one attached hydrogen (secondary N) is 2. The van der Waals surface area contributed by atoms with Crippen LogP contribution in [0.15, 0.2) is 30.3 Å². The van der Waals surface area contributed by atoms with Crippen molar-refractivity contribution in [2.75, 3.05) is 13.1 Å². The highest BCUT2D eigenvalue weighted by Crippen LogP contribution is 2.44. The second kappa shape index (κ2) is 6.59. The van der Waals surface area contributed by atoms with Crippen molar-refractivity contribution >= 4 is 18.3 Å². The van der Waals surface area contributed by atoms with E-state index in [1.807, 2.05) is 18.2 Å². The molecule has 0 bridgehead atoms. The molecule has 0 aromatic heterocycles. The summed E-state index contributed by atoms with van der Waals surface area (Å²) in [6, 6.07) is 10.6. The van der Waals surface area contributed by atoms with Crippen molar-refractivity contribution in [1.29, 1.82) is 0 Å². The SMILES string of the molecule is Cl.O=C(NC1CCCNC1)C1(c2ccccc2)CCC1. The summed E-state index contributed by atoms with van der Waals surface area (Å²) in [5.41, 5.74) is 0.932. The molecule has 0 radical (unpaired) electrons. The van der Waals surface area contributed by atoms with Crippen LogP contribution in [0.2, 0.25) is 0 Å². The molecular formula is C16H23ClN2O. The molecule has 1 saturated heterocycles. The highest BCUT2D eigenvalue weighted by molar-refractivity contribution is 5.89. The summed E-state index contributed by atoms with van der Waals surface area (Å²) in [5.74, 6) is 0.235. The lowest BCUT2D eigenvalue weighted by Gasteiger charge is -2.42. The molecule has 110 valence electrons. The lowest BCUT2D eigenvalue weighted by atomic mass is 9.63. The van der Waals surface area contributed by atoms with Crippen molar-refractivity contribution in [2.24, 2.45) is 0 Å². The summed E-state index contributed by atoms with van der Waals surface area (Å²) in [6.07, 6.45) is 5.39. The number of carbonyl (C=O) groups excluding carboxylic acids is 1. The fourth-order valence-electron chi connectivity index (χ4n) is 3.23. The fourth-order valence-corrected chi connectivity index (χ4v) is 3.23. The first-order valence-electron chi connectivity index (χ1n) is 7.38. The Bertz CT molecular complexity index is 439. The van der Waals surface area contributed by atoms with Crippen LogP contribution in [0.5, 0.6) is 0 Å². The van der Waals surface area contributed by atoms with Gasteiger partial charge in [-0.2, -0.15) is 0 Å². The molecular weight excluding hydrogens is 272 g/mol. The van der Waals surface area contributed by atoms with Gasteiger partial charge in [-0.1, -0.05) is 36.8 Å². The smallest absolute Gasteiger partial charge is 0.230 e. The van der Waals surface area contributed by atoms with Gasteiger partial charge < -0.3 is 10.6 Å². The van der Waals surface area contributed by atoms with Crippen LogP contribution in [0.1, 0.15) is 37.7 Å². The van der Waals surface area contributed by atoms with Crippen molar-refractivity contribution < 1.29 is 4.79 Å². The zero-order chi connectivity index (χ0) is 13.1. The molecule has 0 spiro atoms. The summed E-state index contributed by atoms with van der Waals surface area (Å²) in [4.78, 5) is 12.7. The normalized spacial score (nSPS) is 24.1. The molecule has 1 atom stereocenters. The predicted molar refractivity (Wildman–Crippen MR) is 83.3 cm³/mol. The number of piperidine rings is 1. The lowest BCUT2D eigenvalue weighted by molar-refractivity contribution is -0.130. The maximum Gasteiger partial charge on any atom is 0.230 e. The van der Waals surface area contributed by atoms with E-state index in [0.29, 0.717) is 6.04 Å². The van der Waals surface area contributed by atoms with Crippen LogP contribution in [-0.4, -0.2) is 25.0 Å². The number of hydrogen-bond donors (Lipinski definition) is 2. The Labute approximate surface area is 126 Å². The van der Waals surface area contributed by atoms with Crippen LogP contribution in [0.4, 0.5) is 0 Å². The zero-order valence-electron chi connectivity index (χ0n) is 11.7. The van der Waals surface area contributed by atoms with E-state index >= 15 is 0 Å². The van der Waals surface area contributed by atoms with Crippen LogP contribution in [-0.2, 0) is 10.2 Å². The third kappa shape index (κ3) is 2.84. The lowest BCUT2D eigenvalue weighted by Crippen LogP contribution is -2.55. The number of hydrogen-bond acceptors (Lipinski definition) is 2. The van der Waals surface area contributed by atoms with Gasteiger partial charge in [-0.3, -0.25) is 4.79 Å². The van der Waals surface area contributed by atoms with Gasteiger partial charge in [-0.25, -0.2) is 0 Å². The second-order valence-electron chi connectivity index (χ2n) is 5.82. The van der Waals surface area contributed by atoms with E-state index in [1.165, 1.54) is 5.56 Å². The highest BCUT2D eigenvalue weighted by atomic mass is 35.5. The first kappa shape index (κ1) is 15.3. The minimum Gasteiger partial charge on any atom is -0.351 e. The summed E-state index contributed by atoms with van der Waals surface area (Å²) >= 11 is 0.